The summed E-state index contributed by atoms with van der Waals surface area (Å²) < 4.78 is 11.0. The van der Waals surface area contributed by atoms with E-state index in [9.17, 15) is 15.3 Å². The zero-order chi connectivity index (χ0) is 18.0. The quantitative estimate of drug-likeness (QED) is 0.586. The van der Waals surface area contributed by atoms with E-state index in [-0.39, 0.29) is 5.44 Å². The van der Waals surface area contributed by atoms with Crippen LogP contribution in [0, 0.1) is 0 Å². The van der Waals surface area contributed by atoms with Gasteiger partial charge in [0.05, 0.1) is 19.3 Å². The highest BCUT2D eigenvalue weighted by Crippen LogP contribution is 2.35. The summed E-state index contributed by atoms with van der Waals surface area (Å²) in [5.74, 6) is 0.781. The van der Waals surface area contributed by atoms with Crippen LogP contribution in [-0.4, -0.2) is 70.5 Å². The summed E-state index contributed by atoms with van der Waals surface area (Å²) in [5, 5.41) is 34.9. The Morgan fingerprint density at radius 2 is 2.00 bits per heavy atom. The second kappa shape index (κ2) is 7.92. The molecule has 7 nitrogen and oxygen atoms in total. The Morgan fingerprint density at radius 3 is 2.64 bits per heavy atom. The SMILES string of the molecule is CN=C1N[C@@H]2[C@@H](O)[C@H](O)[C@@H](C(O)CCc3ccc(OC)cc3)O[C@@H]2S1. The number of aliphatic hydroxyl groups is 3. The molecule has 0 spiro atoms. The number of aliphatic hydroxyl groups excluding tert-OH is 3. The predicted molar refractivity (Wildman–Crippen MR) is 95.9 cm³/mol. The summed E-state index contributed by atoms with van der Waals surface area (Å²) in [6, 6.07) is 7.19. The first-order valence-corrected chi connectivity index (χ1v) is 9.14. The molecule has 3 rings (SSSR count). The lowest BCUT2D eigenvalue weighted by molar-refractivity contribution is -0.188. The number of amidine groups is 1. The molecule has 0 aliphatic carbocycles. The number of aliphatic imine (C=N–C) groups is 1. The van der Waals surface area contributed by atoms with Crippen molar-refractivity contribution in [2.45, 2.75) is 48.7 Å². The second-order valence-electron chi connectivity index (χ2n) is 6.22. The molecule has 2 fully saturated rings. The Balaban J connectivity index is 1.60. The van der Waals surface area contributed by atoms with Gasteiger partial charge in [-0.3, -0.25) is 4.99 Å². The normalized spacial score (nSPS) is 34.4. The van der Waals surface area contributed by atoms with Gasteiger partial charge >= 0.3 is 0 Å². The van der Waals surface area contributed by atoms with Crippen molar-refractivity contribution in [3.63, 3.8) is 0 Å². The fourth-order valence-corrected chi connectivity index (χ4v) is 4.22. The van der Waals surface area contributed by atoms with Crippen LogP contribution in [0.4, 0.5) is 0 Å². The van der Waals surface area contributed by atoms with Crippen LogP contribution in [0.5, 0.6) is 5.75 Å². The minimum absolute atomic E-state index is 0.377. The van der Waals surface area contributed by atoms with Gasteiger partial charge in [0.2, 0.25) is 0 Å². The van der Waals surface area contributed by atoms with Crippen molar-refractivity contribution >= 4 is 16.9 Å². The van der Waals surface area contributed by atoms with Gasteiger partial charge < -0.3 is 30.1 Å². The van der Waals surface area contributed by atoms with Gasteiger partial charge in [-0.1, -0.05) is 23.9 Å². The number of hydrogen-bond donors (Lipinski definition) is 4. The van der Waals surface area contributed by atoms with E-state index in [0.29, 0.717) is 18.0 Å². The molecule has 1 aromatic carbocycles. The number of ether oxygens (including phenoxy) is 2. The van der Waals surface area contributed by atoms with Crippen LogP contribution in [0.3, 0.4) is 0 Å². The first-order valence-electron chi connectivity index (χ1n) is 8.26. The van der Waals surface area contributed by atoms with E-state index in [0.717, 1.165) is 11.3 Å². The van der Waals surface area contributed by atoms with Crippen molar-refractivity contribution in [1.29, 1.82) is 0 Å². The number of methoxy groups -OCH3 is 1. The third-order valence-electron chi connectivity index (χ3n) is 4.63. The number of benzene rings is 1. The lowest BCUT2D eigenvalue weighted by Gasteiger charge is -2.40. The highest BCUT2D eigenvalue weighted by atomic mass is 32.2. The Kier molecular flexibility index (Phi) is 5.85. The summed E-state index contributed by atoms with van der Waals surface area (Å²) in [5.41, 5.74) is 0.679. The summed E-state index contributed by atoms with van der Waals surface area (Å²) in [6.45, 7) is 0. The third-order valence-corrected chi connectivity index (χ3v) is 5.79. The number of hydrogen-bond acceptors (Lipinski definition) is 7. The molecule has 2 aliphatic rings. The molecule has 25 heavy (non-hydrogen) atoms. The second-order valence-corrected chi connectivity index (χ2v) is 7.31. The molecule has 138 valence electrons. The highest BCUT2D eigenvalue weighted by Gasteiger charge is 2.50. The lowest BCUT2D eigenvalue weighted by Crippen LogP contribution is -2.61. The maximum atomic E-state index is 10.5. The minimum Gasteiger partial charge on any atom is -0.497 e. The van der Waals surface area contributed by atoms with Crippen LogP contribution < -0.4 is 10.1 Å². The number of nitrogens with one attached hydrogen (secondary N) is 1. The molecule has 1 aromatic rings. The Labute approximate surface area is 151 Å². The molecular weight excluding hydrogens is 344 g/mol. The summed E-state index contributed by atoms with van der Waals surface area (Å²) >= 11 is 1.36. The minimum atomic E-state index is -1.16. The molecule has 2 aliphatic heterocycles. The first kappa shape index (κ1) is 18.5. The van der Waals surface area contributed by atoms with E-state index >= 15 is 0 Å². The predicted octanol–water partition coefficient (Wildman–Crippen LogP) is 0.126. The van der Waals surface area contributed by atoms with Crippen molar-refractivity contribution < 1.29 is 24.8 Å². The van der Waals surface area contributed by atoms with Crippen molar-refractivity contribution in [1.82, 2.24) is 5.32 Å². The molecule has 2 saturated heterocycles. The van der Waals surface area contributed by atoms with Gasteiger partial charge in [0, 0.05) is 7.05 Å². The average Bonchev–Trinajstić information content (AvgIpc) is 3.06. The fraction of sp³-hybridized carbons (Fsp3) is 0.588. The van der Waals surface area contributed by atoms with Crippen molar-refractivity contribution in [2.75, 3.05) is 14.2 Å². The number of rotatable bonds is 5. The monoisotopic (exact) mass is 368 g/mol. The van der Waals surface area contributed by atoms with E-state index in [4.69, 9.17) is 9.47 Å². The largest absolute Gasteiger partial charge is 0.497 e. The first-order chi connectivity index (χ1) is 12.0. The van der Waals surface area contributed by atoms with Gasteiger partial charge in [0.15, 0.2) is 5.17 Å². The topological polar surface area (TPSA) is 104 Å². The van der Waals surface area contributed by atoms with E-state index in [1.807, 2.05) is 24.3 Å². The zero-order valence-corrected chi connectivity index (χ0v) is 15.0. The van der Waals surface area contributed by atoms with Crippen LogP contribution in [-0.2, 0) is 11.2 Å². The summed E-state index contributed by atoms with van der Waals surface area (Å²) in [4.78, 5) is 4.05. The number of thioether (sulfide) groups is 1. The van der Waals surface area contributed by atoms with Crippen LogP contribution in [0.2, 0.25) is 0 Å². The smallest absolute Gasteiger partial charge is 0.159 e. The summed E-state index contributed by atoms with van der Waals surface area (Å²) in [7, 11) is 3.26. The summed E-state index contributed by atoms with van der Waals surface area (Å²) in [6.07, 6.45) is -2.83. The highest BCUT2D eigenvalue weighted by molar-refractivity contribution is 8.14. The molecule has 1 unspecified atom stereocenters. The number of nitrogens with zero attached hydrogens (tertiary/aromatic N) is 1. The van der Waals surface area contributed by atoms with Gasteiger partial charge in [-0.15, -0.1) is 0 Å². The Morgan fingerprint density at radius 1 is 1.28 bits per heavy atom. The molecule has 0 bridgehead atoms. The fourth-order valence-electron chi connectivity index (χ4n) is 3.14. The van der Waals surface area contributed by atoms with Gasteiger partial charge in [0.1, 0.15) is 29.5 Å². The number of aryl methyl sites for hydroxylation is 1. The molecule has 2 heterocycles. The van der Waals surface area contributed by atoms with E-state index < -0.39 is 30.5 Å². The standard InChI is InChI=1S/C17H24N2O5S/c1-18-17-19-12-13(21)14(22)15(24-16(12)25-17)11(20)8-5-9-3-6-10(23-2)7-4-9/h3-4,6-7,11-16,20-22H,5,8H2,1-2H3,(H,18,19)/t11?,12-,13-,14+,15-,16-/m1/s1. The third kappa shape index (κ3) is 3.93. The van der Waals surface area contributed by atoms with Gasteiger partial charge in [-0.05, 0) is 30.5 Å². The molecule has 0 saturated carbocycles. The van der Waals surface area contributed by atoms with E-state index in [1.165, 1.54) is 11.8 Å². The number of fused-ring (bicyclic) bond motifs is 1. The average molecular weight is 368 g/mol. The molecular formula is C17H24N2O5S. The van der Waals surface area contributed by atoms with Crippen LogP contribution in [0.1, 0.15) is 12.0 Å². The van der Waals surface area contributed by atoms with Crippen LogP contribution in [0.15, 0.2) is 29.3 Å². The van der Waals surface area contributed by atoms with Gasteiger partial charge in [-0.25, -0.2) is 0 Å². The van der Waals surface area contributed by atoms with Crippen LogP contribution >= 0.6 is 11.8 Å². The molecule has 4 N–H and O–H groups in total. The van der Waals surface area contributed by atoms with Gasteiger partial charge in [0.25, 0.3) is 0 Å². The molecule has 0 aromatic heterocycles. The molecule has 0 radical (unpaired) electrons. The zero-order valence-electron chi connectivity index (χ0n) is 14.2. The lowest BCUT2D eigenvalue weighted by atomic mass is 9.92. The van der Waals surface area contributed by atoms with Crippen molar-refractivity contribution in [3.8, 4) is 5.75 Å². The molecule has 0 amide bonds. The maximum Gasteiger partial charge on any atom is 0.159 e. The Bertz CT molecular complexity index is 612. The molecule has 8 heteroatoms. The van der Waals surface area contributed by atoms with Gasteiger partial charge in [-0.2, -0.15) is 0 Å². The molecule has 6 atom stereocenters. The van der Waals surface area contributed by atoms with Crippen LogP contribution in [0.25, 0.3) is 0 Å². The van der Waals surface area contributed by atoms with E-state index in [1.54, 1.807) is 14.2 Å². The van der Waals surface area contributed by atoms with Crippen molar-refractivity contribution in [3.05, 3.63) is 29.8 Å². The Hall–Kier alpha value is -1.32. The van der Waals surface area contributed by atoms with Crippen molar-refractivity contribution in [2.24, 2.45) is 4.99 Å². The maximum absolute atomic E-state index is 10.5. The van der Waals surface area contributed by atoms with E-state index in [2.05, 4.69) is 10.3 Å².